The summed E-state index contributed by atoms with van der Waals surface area (Å²) in [6, 6.07) is 11.5. The molecule has 0 aliphatic heterocycles. The Balaban J connectivity index is 2.80. The highest BCUT2D eigenvalue weighted by molar-refractivity contribution is 6.32. The molecule has 0 heterocycles. The summed E-state index contributed by atoms with van der Waals surface area (Å²) in [6.07, 6.45) is 0. The van der Waals surface area contributed by atoms with Crippen LogP contribution in [-0.4, -0.2) is 0 Å². The molecule has 0 unspecified atom stereocenters. The van der Waals surface area contributed by atoms with Crippen LogP contribution in [0.2, 0.25) is 10.0 Å². The summed E-state index contributed by atoms with van der Waals surface area (Å²) in [6.45, 7) is 0. The second-order valence-electron chi connectivity index (χ2n) is 2.64. The number of fused-ring (bicyclic) bond motifs is 1. The Morgan fingerprint density at radius 1 is 0.667 bits per heavy atom. The van der Waals surface area contributed by atoms with Crippen LogP contribution in [0.4, 0.5) is 0 Å². The third kappa shape index (κ3) is 1.40. The molecule has 2 rings (SSSR count). The molecule has 0 aromatic heterocycles. The molecule has 0 nitrogen and oxygen atoms in total. The highest BCUT2D eigenvalue weighted by atomic mass is 35.5. The van der Waals surface area contributed by atoms with Gasteiger partial charge in [-0.15, -0.1) is 0 Å². The smallest absolute Gasteiger partial charge is 0.0412 e. The number of rotatable bonds is 0. The van der Waals surface area contributed by atoms with Crippen LogP contribution in [0.1, 0.15) is 0 Å². The molecule has 0 fully saturated rings. The zero-order valence-corrected chi connectivity index (χ0v) is 7.73. The minimum atomic E-state index is 0.741. The van der Waals surface area contributed by atoms with Crippen molar-refractivity contribution < 1.29 is 0 Å². The maximum Gasteiger partial charge on any atom is 0.0412 e. The van der Waals surface area contributed by atoms with Crippen molar-refractivity contribution in [1.29, 1.82) is 0 Å². The summed E-state index contributed by atoms with van der Waals surface area (Å²) in [7, 11) is 0. The van der Waals surface area contributed by atoms with E-state index in [2.05, 4.69) is 0 Å². The summed E-state index contributed by atoms with van der Waals surface area (Å²) < 4.78 is 0. The minimum absolute atomic E-state index is 0.741. The van der Waals surface area contributed by atoms with Crippen LogP contribution in [0.15, 0.2) is 36.4 Å². The van der Waals surface area contributed by atoms with E-state index in [0.29, 0.717) is 0 Å². The average Bonchev–Trinajstić information content (AvgIpc) is 2.03. The van der Waals surface area contributed by atoms with Crippen LogP contribution in [0.5, 0.6) is 0 Å². The van der Waals surface area contributed by atoms with E-state index < -0.39 is 0 Å². The molecular weight excluding hydrogens is 191 g/mol. The number of hydrogen-bond acceptors (Lipinski definition) is 0. The molecule has 0 aliphatic rings. The fourth-order valence-corrected chi connectivity index (χ4v) is 1.55. The molecular formula is C10H6Cl2. The normalized spacial score (nSPS) is 10.5. The molecule has 60 valence electrons. The van der Waals surface area contributed by atoms with Crippen molar-refractivity contribution in [2.45, 2.75) is 0 Å². The predicted octanol–water partition coefficient (Wildman–Crippen LogP) is 4.15. The van der Waals surface area contributed by atoms with Gasteiger partial charge in [0.25, 0.3) is 0 Å². The first-order valence-electron chi connectivity index (χ1n) is 3.60. The Morgan fingerprint density at radius 2 is 1.17 bits per heavy atom. The minimum Gasteiger partial charge on any atom is -0.0843 e. The SMILES string of the molecule is Clc1ccc2ccc(Cl)cc2c1. The summed E-state index contributed by atoms with van der Waals surface area (Å²) in [5, 5.41) is 3.72. The van der Waals surface area contributed by atoms with Crippen LogP contribution < -0.4 is 0 Å². The van der Waals surface area contributed by atoms with E-state index in [9.17, 15) is 0 Å². The van der Waals surface area contributed by atoms with Gasteiger partial charge in [-0.05, 0) is 35.0 Å². The van der Waals surface area contributed by atoms with Crippen LogP contribution in [0.25, 0.3) is 10.8 Å². The van der Waals surface area contributed by atoms with Crippen molar-refractivity contribution in [2.75, 3.05) is 0 Å². The highest BCUT2D eigenvalue weighted by Gasteiger charge is 1.94. The molecule has 2 heteroatoms. The lowest BCUT2D eigenvalue weighted by atomic mass is 10.1. The van der Waals surface area contributed by atoms with Gasteiger partial charge in [0.05, 0.1) is 0 Å². The van der Waals surface area contributed by atoms with Crippen molar-refractivity contribution >= 4 is 34.0 Å². The second-order valence-corrected chi connectivity index (χ2v) is 3.51. The van der Waals surface area contributed by atoms with E-state index in [0.717, 1.165) is 20.8 Å². The Hall–Kier alpha value is -0.720. The molecule has 0 radical (unpaired) electrons. The van der Waals surface area contributed by atoms with E-state index >= 15 is 0 Å². The summed E-state index contributed by atoms with van der Waals surface area (Å²) in [4.78, 5) is 0. The maximum absolute atomic E-state index is 5.83. The molecule has 0 atom stereocenters. The first-order chi connectivity index (χ1) is 5.75. The molecule has 0 bridgehead atoms. The monoisotopic (exact) mass is 196 g/mol. The molecule has 0 saturated carbocycles. The lowest BCUT2D eigenvalue weighted by molar-refractivity contribution is 1.74. The van der Waals surface area contributed by atoms with Gasteiger partial charge in [0, 0.05) is 10.0 Å². The quantitative estimate of drug-likeness (QED) is 0.595. The molecule has 0 aliphatic carbocycles. The van der Waals surface area contributed by atoms with Crippen LogP contribution in [0.3, 0.4) is 0 Å². The molecule has 0 amide bonds. The van der Waals surface area contributed by atoms with Gasteiger partial charge in [0.15, 0.2) is 0 Å². The first-order valence-corrected chi connectivity index (χ1v) is 4.36. The molecule has 0 N–H and O–H groups in total. The van der Waals surface area contributed by atoms with E-state index in [1.807, 2.05) is 36.4 Å². The van der Waals surface area contributed by atoms with Crippen molar-refractivity contribution in [3.8, 4) is 0 Å². The lowest BCUT2D eigenvalue weighted by Gasteiger charge is -1.97. The van der Waals surface area contributed by atoms with E-state index in [1.54, 1.807) is 0 Å². The highest BCUT2D eigenvalue weighted by Crippen LogP contribution is 2.22. The predicted molar refractivity (Wildman–Crippen MR) is 54.0 cm³/mol. The second kappa shape index (κ2) is 2.96. The van der Waals surface area contributed by atoms with Crippen LogP contribution in [0, 0.1) is 0 Å². The molecule has 2 aromatic rings. The topological polar surface area (TPSA) is 0 Å². The van der Waals surface area contributed by atoms with E-state index in [4.69, 9.17) is 23.2 Å². The average molecular weight is 197 g/mol. The third-order valence-corrected chi connectivity index (χ3v) is 2.23. The van der Waals surface area contributed by atoms with Crippen LogP contribution in [-0.2, 0) is 0 Å². The van der Waals surface area contributed by atoms with Gasteiger partial charge in [-0.1, -0.05) is 35.3 Å². The maximum atomic E-state index is 5.83. The van der Waals surface area contributed by atoms with Gasteiger partial charge in [-0.3, -0.25) is 0 Å². The van der Waals surface area contributed by atoms with Crippen molar-refractivity contribution in [2.24, 2.45) is 0 Å². The molecule has 12 heavy (non-hydrogen) atoms. The first kappa shape index (κ1) is 7.90. The zero-order chi connectivity index (χ0) is 8.55. The van der Waals surface area contributed by atoms with Crippen LogP contribution >= 0.6 is 23.2 Å². The molecule has 0 spiro atoms. The van der Waals surface area contributed by atoms with Gasteiger partial charge in [0.2, 0.25) is 0 Å². The van der Waals surface area contributed by atoms with Gasteiger partial charge in [-0.25, -0.2) is 0 Å². The third-order valence-electron chi connectivity index (χ3n) is 1.76. The number of hydrogen-bond donors (Lipinski definition) is 0. The largest absolute Gasteiger partial charge is 0.0843 e. The van der Waals surface area contributed by atoms with Gasteiger partial charge in [-0.2, -0.15) is 0 Å². The molecule has 2 aromatic carbocycles. The van der Waals surface area contributed by atoms with Crippen molar-refractivity contribution in [3.05, 3.63) is 46.4 Å². The number of halogens is 2. The number of benzene rings is 2. The summed E-state index contributed by atoms with van der Waals surface area (Å²) >= 11 is 11.7. The zero-order valence-electron chi connectivity index (χ0n) is 6.22. The van der Waals surface area contributed by atoms with Crippen molar-refractivity contribution in [3.63, 3.8) is 0 Å². The summed E-state index contributed by atoms with van der Waals surface area (Å²) in [5.74, 6) is 0. The van der Waals surface area contributed by atoms with Gasteiger partial charge < -0.3 is 0 Å². The summed E-state index contributed by atoms with van der Waals surface area (Å²) in [5.41, 5.74) is 0. The Kier molecular flexibility index (Phi) is 1.95. The van der Waals surface area contributed by atoms with Crippen molar-refractivity contribution in [1.82, 2.24) is 0 Å². The van der Waals surface area contributed by atoms with E-state index in [1.165, 1.54) is 0 Å². The Labute approximate surface area is 80.7 Å². The fraction of sp³-hybridized carbons (Fsp3) is 0. The lowest BCUT2D eigenvalue weighted by Crippen LogP contribution is -1.71. The fourth-order valence-electron chi connectivity index (χ4n) is 1.19. The Bertz CT molecular complexity index is 384. The standard InChI is InChI=1S/C10H6Cl2/c11-9-3-1-7-2-4-10(12)6-8(7)5-9/h1-6H. The van der Waals surface area contributed by atoms with E-state index in [-0.39, 0.29) is 0 Å². The van der Waals surface area contributed by atoms with Gasteiger partial charge in [0.1, 0.15) is 0 Å². The molecule has 0 saturated heterocycles. The van der Waals surface area contributed by atoms with Gasteiger partial charge >= 0.3 is 0 Å². The Morgan fingerprint density at radius 3 is 1.67 bits per heavy atom.